The Morgan fingerprint density at radius 1 is 1.00 bits per heavy atom. The number of amides is 2. The average Bonchev–Trinajstić information content (AvgIpc) is 2.54. The van der Waals surface area contributed by atoms with Crippen LogP contribution in [0.3, 0.4) is 0 Å². The number of carbonyl (C=O) groups is 2. The second-order valence-corrected chi connectivity index (χ2v) is 5.81. The number of benzene rings is 1. The van der Waals surface area contributed by atoms with E-state index in [0.717, 1.165) is 18.4 Å². The van der Waals surface area contributed by atoms with Crippen molar-refractivity contribution in [3.8, 4) is 0 Å². The minimum absolute atomic E-state index is 0.0637. The number of hydrogen-bond acceptors (Lipinski definition) is 2. The zero-order chi connectivity index (χ0) is 15.9. The van der Waals surface area contributed by atoms with Crippen LogP contribution < -0.4 is 0 Å². The topological polar surface area (TPSA) is 40.6 Å². The Labute approximate surface area is 132 Å². The zero-order valence-electron chi connectivity index (χ0n) is 13.4. The standard InChI is InChI=1S/C18H24N2O2/c1-15(8-9-17-6-4-3-5-7-17)14-18(22)20-12-10-19(11-13-20)16(2)21/h3-7,14H,8-13H2,1-2H3/b15-14-. The van der Waals surface area contributed by atoms with Crippen molar-refractivity contribution in [1.29, 1.82) is 0 Å². The average molecular weight is 300 g/mol. The van der Waals surface area contributed by atoms with Gasteiger partial charge >= 0.3 is 0 Å². The third-order valence-electron chi connectivity index (χ3n) is 4.06. The molecule has 4 heteroatoms. The van der Waals surface area contributed by atoms with Crippen molar-refractivity contribution in [1.82, 2.24) is 9.80 Å². The van der Waals surface area contributed by atoms with Crippen molar-refractivity contribution in [3.63, 3.8) is 0 Å². The van der Waals surface area contributed by atoms with Gasteiger partial charge in [-0.05, 0) is 25.3 Å². The van der Waals surface area contributed by atoms with E-state index < -0.39 is 0 Å². The number of piperazine rings is 1. The molecule has 1 aliphatic heterocycles. The molecule has 0 aliphatic carbocycles. The lowest BCUT2D eigenvalue weighted by Gasteiger charge is -2.33. The van der Waals surface area contributed by atoms with Crippen LogP contribution in [-0.2, 0) is 16.0 Å². The molecule has 0 saturated carbocycles. The van der Waals surface area contributed by atoms with E-state index in [9.17, 15) is 9.59 Å². The van der Waals surface area contributed by atoms with Crippen molar-refractivity contribution in [2.24, 2.45) is 0 Å². The zero-order valence-corrected chi connectivity index (χ0v) is 13.4. The van der Waals surface area contributed by atoms with E-state index in [1.807, 2.05) is 30.0 Å². The van der Waals surface area contributed by atoms with Crippen LogP contribution in [0, 0.1) is 0 Å². The van der Waals surface area contributed by atoms with Crippen molar-refractivity contribution in [3.05, 3.63) is 47.5 Å². The Bertz CT molecular complexity index is 543. The molecule has 4 nitrogen and oxygen atoms in total. The third kappa shape index (κ3) is 4.72. The quantitative estimate of drug-likeness (QED) is 0.800. The molecule has 2 rings (SSSR count). The van der Waals surface area contributed by atoms with Crippen LogP contribution in [0.4, 0.5) is 0 Å². The summed E-state index contributed by atoms with van der Waals surface area (Å²) in [6.45, 7) is 6.11. The molecule has 1 aliphatic rings. The molecule has 0 atom stereocenters. The van der Waals surface area contributed by atoms with Gasteiger partial charge in [0, 0.05) is 39.2 Å². The first kappa shape index (κ1) is 16.3. The van der Waals surface area contributed by atoms with E-state index in [1.54, 1.807) is 17.9 Å². The highest BCUT2D eigenvalue weighted by atomic mass is 16.2. The number of carbonyl (C=O) groups excluding carboxylic acids is 2. The largest absolute Gasteiger partial charge is 0.339 e. The highest BCUT2D eigenvalue weighted by molar-refractivity contribution is 5.88. The molecule has 1 heterocycles. The maximum atomic E-state index is 12.2. The summed E-state index contributed by atoms with van der Waals surface area (Å²) in [6.07, 6.45) is 3.59. The van der Waals surface area contributed by atoms with Gasteiger partial charge in [0.1, 0.15) is 0 Å². The van der Waals surface area contributed by atoms with E-state index in [-0.39, 0.29) is 11.8 Å². The lowest BCUT2D eigenvalue weighted by molar-refractivity contribution is -0.135. The molecule has 22 heavy (non-hydrogen) atoms. The van der Waals surface area contributed by atoms with Gasteiger partial charge in [0.15, 0.2) is 0 Å². The summed E-state index contributed by atoms with van der Waals surface area (Å²) in [6, 6.07) is 10.3. The van der Waals surface area contributed by atoms with E-state index in [0.29, 0.717) is 26.2 Å². The van der Waals surface area contributed by atoms with Crippen LogP contribution in [0.2, 0.25) is 0 Å². The molecule has 1 aromatic carbocycles. The number of rotatable bonds is 4. The van der Waals surface area contributed by atoms with Gasteiger partial charge in [0.25, 0.3) is 0 Å². The third-order valence-corrected chi connectivity index (χ3v) is 4.06. The lowest BCUT2D eigenvalue weighted by Crippen LogP contribution is -2.49. The van der Waals surface area contributed by atoms with Gasteiger partial charge in [-0.2, -0.15) is 0 Å². The van der Waals surface area contributed by atoms with Gasteiger partial charge in [-0.1, -0.05) is 35.9 Å². The summed E-state index contributed by atoms with van der Waals surface area (Å²) in [5.41, 5.74) is 2.39. The Morgan fingerprint density at radius 3 is 2.18 bits per heavy atom. The second kappa shape index (κ2) is 7.78. The number of aryl methyl sites for hydroxylation is 1. The summed E-state index contributed by atoms with van der Waals surface area (Å²) in [4.78, 5) is 27.1. The normalized spacial score (nSPS) is 15.8. The van der Waals surface area contributed by atoms with E-state index in [4.69, 9.17) is 0 Å². The predicted octanol–water partition coefficient (Wildman–Crippen LogP) is 2.26. The maximum absolute atomic E-state index is 12.2. The first-order valence-corrected chi connectivity index (χ1v) is 7.82. The minimum Gasteiger partial charge on any atom is -0.339 e. The fourth-order valence-corrected chi connectivity index (χ4v) is 2.60. The van der Waals surface area contributed by atoms with Crippen LogP contribution >= 0.6 is 0 Å². The highest BCUT2D eigenvalue weighted by Crippen LogP contribution is 2.10. The number of nitrogens with zero attached hydrogens (tertiary/aromatic N) is 2. The monoisotopic (exact) mass is 300 g/mol. The molecule has 0 bridgehead atoms. The van der Waals surface area contributed by atoms with Crippen LogP contribution in [0.5, 0.6) is 0 Å². The van der Waals surface area contributed by atoms with Crippen LogP contribution in [0.1, 0.15) is 25.8 Å². The van der Waals surface area contributed by atoms with Crippen LogP contribution in [-0.4, -0.2) is 47.8 Å². The van der Waals surface area contributed by atoms with Crippen molar-refractivity contribution < 1.29 is 9.59 Å². The molecule has 1 fully saturated rings. The van der Waals surface area contributed by atoms with Crippen molar-refractivity contribution in [2.45, 2.75) is 26.7 Å². The van der Waals surface area contributed by atoms with Gasteiger partial charge in [0.2, 0.25) is 11.8 Å². The molecule has 0 aromatic heterocycles. The molecule has 1 aromatic rings. The van der Waals surface area contributed by atoms with E-state index in [2.05, 4.69) is 12.1 Å². The fraction of sp³-hybridized carbons (Fsp3) is 0.444. The van der Waals surface area contributed by atoms with Gasteiger partial charge in [-0.15, -0.1) is 0 Å². The van der Waals surface area contributed by atoms with E-state index in [1.165, 1.54) is 5.56 Å². The minimum atomic E-state index is 0.0637. The molecular weight excluding hydrogens is 276 g/mol. The van der Waals surface area contributed by atoms with Crippen molar-refractivity contribution >= 4 is 11.8 Å². The Hall–Kier alpha value is -2.10. The summed E-state index contributed by atoms with van der Waals surface area (Å²) in [5.74, 6) is 0.149. The van der Waals surface area contributed by atoms with Gasteiger partial charge in [-0.25, -0.2) is 0 Å². The Kier molecular flexibility index (Phi) is 5.75. The lowest BCUT2D eigenvalue weighted by atomic mass is 10.1. The first-order valence-electron chi connectivity index (χ1n) is 7.82. The number of allylic oxidation sites excluding steroid dienone is 1. The summed E-state index contributed by atoms with van der Waals surface area (Å²) in [5, 5.41) is 0. The van der Waals surface area contributed by atoms with Gasteiger partial charge in [-0.3, -0.25) is 9.59 Å². The van der Waals surface area contributed by atoms with Crippen LogP contribution in [0.15, 0.2) is 42.0 Å². The second-order valence-electron chi connectivity index (χ2n) is 5.81. The molecule has 0 spiro atoms. The van der Waals surface area contributed by atoms with E-state index >= 15 is 0 Å². The Morgan fingerprint density at radius 2 is 1.59 bits per heavy atom. The molecule has 2 amide bonds. The van der Waals surface area contributed by atoms with Crippen molar-refractivity contribution in [2.75, 3.05) is 26.2 Å². The van der Waals surface area contributed by atoms with Crippen LogP contribution in [0.25, 0.3) is 0 Å². The number of hydrogen-bond donors (Lipinski definition) is 0. The highest BCUT2D eigenvalue weighted by Gasteiger charge is 2.21. The molecule has 0 unspecified atom stereocenters. The first-order chi connectivity index (χ1) is 10.6. The maximum Gasteiger partial charge on any atom is 0.246 e. The molecule has 1 saturated heterocycles. The molecular formula is C18H24N2O2. The Balaban J connectivity index is 1.81. The summed E-state index contributed by atoms with van der Waals surface area (Å²) in [7, 11) is 0. The summed E-state index contributed by atoms with van der Waals surface area (Å²) < 4.78 is 0. The predicted molar refractivity (Wildman–Crippen MR) is 87.4 cm³/mol. The van der Waals surface area contributed by atoms with Gasteiger partial charge in [0.05, 0.1) is 0 Å². The SMILES string of the molecule is CC(=O)N1CCN(C(=O)/C=C(/C)CCc2ccccc2)CC1. The smallest absolute Gasteiger partial charge is 0.246 e. The summed E-state index contributed by atoms with van der Waals surface area (Å²) >= 11 is 0. The molecule has 0 N–H and O–H groups in total. The molecule has 118 valence electrons. The molecule has 0 radical (unpaired) electrons. The van der Waals surface area contributed by atoms with Gasteiger partial charge < -0.3 is 9.80 Å². The fourth-order valence-electron chi connectivity index (χ4n) is 2.60.